The van der Waals surface area contributed by atoms with Crippen molar-refractivity contribution in [1.29, 1.82) is 0 Å². The summed E-state index contributed by atoms with van der Waals surface area (Å²) in [5, 5.41) is 12.0. The maximum atomic E-state index is 12.2. The molecule has 1 saturated carbocycles. The van der Waals surface area contributed by atoms with Crippen molar-refractivity contribution in [2.24, 2.45) is 5.41 Å². The SMILES string of the molecule is Cc1cc(C)c(NC(=O)C2(C(=O)O)CCC2)cc1C. The Labute approximate surface area is 112 Å². The second-order valence-corrected chi connectivity index (χ2v) is 5.45. The number of anilines is 1. The minimum absolute atomic E-state index is 0.391. The number of amides is 1. The van der Waals surface area contributed by atoms with E-state index in [4.69, 9.17) is 0 Å². The van der Waals surface area contributed by atoms with E-state index < -0.39 is 17.3 Å². The fraction of sp³-hybridized carbons (Fsp3) is 0.467. The molecule has 1 aromatic rings. The van der Waals surface area contributed by atoms with Crippen LogP contribution in [0.5, 0.6) is 0 Å². The number of nitrogens with one attached hydrogen (secondary N) is 1. The van der Waals surface area contributed by atoms with E-state index in [1.54, 1.807) is 0 Å². The first kappa shape index (κ1) is 13.6. The Morgan fingerprint density at radius 3 is 2.16 bits per heavy atom. The highest BCUT2D eigenvalue weighted by atomic mass is 16.4. The van der Waals surface area contributed by atoms with Gasteiger partial charge < -0.3 is 10.4 Å². The number of benzene rings is 1. The molecule has 0 saturated heterocycles. The molecule has 1 aromatic carbocycles. The first-order chi connectivity index (χ1) is 8.86. The molecule has 4 nitrogen and oxygen atoms in total. The third-order valence-corrected chi connectivity index (χ3v) is 4.14. The van der Waals surface area contributed by atoms with Crippen LogP contribution in [0.3, 0.4) is 0 Å². The molecule has 4 heteroatoms. The molecule has 0 atom stereocenters. The van der Waals surface area contributed by atoms with Crippen molar-refractivity contribution in [2.45, 2.75) is 40.0 Å². The van der Waals surface area contributed by atoms with Crippen molar-refractivity contribution in [1.82, 2.24) is 0 Å². The summed E-state index contributed by atoms with van der Waals surface area (Å²) in [6.07, 6.45) is 1.65. The van der Waals surface area contributed by atoms with Gasteiger partial charge in [-0.15, -0.1) is 0 Å². The average molecular weight is 261 g/mol. The number of hydrogen-bond acceptors (Lipinski definition) is 2. The van der Waals surface area contributed by atoms with Crippen molar-refractivity contribution in [3.63, 3.8) is 0 Å². The topological polar surface area (TPSA) is 66.4 Å². The summed E-state index contributed by atoms with van der Waals surface area (Å²) in [6, 6.07) is 3.90. The monoisotopic (exact) mass is 261 g/mol. The number of carbonyl (C=O) groups excluding carboxylic acids is 1. The van der Waals surface area contributed by atoms with Crippen LogP contribution in [0.2, 0.25) is 0 Å². The summed E-state index contributed by atoms with van der Waals surface area (Å²) in [4.78, 5) is 23.5. The molecule has 0 bridgehead atoms. The third-order valence-electron chi connectivity index (χ3n) is 4.14. The van der Waals surface area contributed by atoms with Gasteiger partial charge in [0.2, 0.25) is 5.91 Å². The molecule has 0 radical (unpaired) electrons. The molecule has 1 amide bonds. The lowest BCUT2D eigenvalue weighted by Crippen LogP contribution is -2.48. The number of aliphatic carboxylic acids is 1. The summed E-state index contributed by atoms with van der Waals surface area (Å²) in [5.74, 6) is -1.41. The van der Waals surface area contributed by atoms with E-state index in [0.29, 0.717) is 18.5 Å². The van der Waals surface area contributed by atoms with Gasteiger partial charge in [-0.3, -0.25) is 9.59 Å². The second kappa shape index (κ2) is 4.68. The van der Waals surface area contributed by atoms with Gasteiger partial charge in [0.25, 0.3) is 0 Å². The van der Waals surface area contributed by atoms with Crippen molar-refractivity contribution in [3.05, 3.63) is 28.8 Å². The summed E-state index contributed by atoms with van der Waals surface area (Å²) in [5.41, 5.74) is 2.69. The molecule has 102 valence electrons. The van der Waals surface area contributed by atoms with Crippen molar-refractivity contribution >= 4 is 17.6 Å². The van der Waals surface area contributed by atoms with Gasteiger partial charge in [0.05, 0.1) is 0 Å². The minimum Gasteiger partial charge on any atom is -0.480 e. The fourth-order valence-electron chi connectivity index (χ4n) is 2.41. The van der Waals surface area contributed by atoms with Crippen LogP contribution in [0.4, 0.5) is 5.69 Å². The van der Waals surface area contributed by atoms with Gasteiger partial charge in [0, 0.05) is 5.69 Å². The largest absolute Gasteiger partial charge is 0.480 e. The zero-order valence-corrected chi connectivity index (χ0v) is 11.5. The zero-order chi connectivity index (χ0) is 14.2. The van der Waals surface area contributed by atoms with Gasteiger partial charge >= 0.3 is 5.97 Å². The van der Waals surface area contributed by atoms with E-state index in [1.165, 1.54) is 0 Å². The molecule has 1 aliphatic carbocycles. The van der Waals surface area contributed by atoms with Crippen LogP contribution in [0.15, 0.2) is 12.1 Å². The van der Waals surface area contributed by atoms with E-state index >= 15 is 0 Å². The third kappa shape index (κ3) is 2.23. The molecule has 0 spiro atoms. The van der Waals surface area contributed by atoms with Crippen LogP contribution in [-0.2, 0) is 9.59 Å². The minimum atomic E-state index is -1.22. The van der Waals surface area contributed by atoms with Crippen LogP contribution < -0.4 is 5.32 Å². The quantitative estimate of drug-likeness (QED) is 0.822. The van der Waals surface area contributed by atoms with E-state index in [9.17, 15) is 14.7 Å². The Bertz CT molecular complexity index is 545. The van der Waals surface area contributed by atoms with Crippen LogP contribution >= 0.6 is 0 Å². The lowest BCUT2D eigenvalue weighted by atomic mass is 9.68. The molecule has 0 unspecified atom stereocenters. The lowest BCUT2D eigenvalue weighted by molar-refractivity contribution is -0.159. The van der Waals surface area contributed by atoms with Crippen LogP contribution in [0.25, 0.3) is 0 Å². The number of aryl methyl sites for hydroxylation is 3. The maximum Gasteiger partial charge on any atom is 0.319 e. The number of rotatable bonds is 3. The first-order valence-corrected chi connectivity index (χ1v) is 6.49. The highest BCUT2D eigenvalue weighted by Gasteiger charge is 2.51. The molecule has 1 aliphatic rings. The summed E-state index contributed by atoms with van der Waals surface area (Å²) < 4.78 is 0. The average Bonchev–Trinajstić information content (AvgIpc) is 2.23. The second-order valence-electron chi connectivity index (χ2n) is 5.45. The van der Waals surface area contributed by atoms with Gasteiger partial charge in [-0.25, -0.2) is 0 Å². The predicted octanol–water partition coefficient (Wildman–Crippen LogP) is 2.81. The number of carboxylic acids is 1. The van der Waals surface area contributed by atoms with Crippen molar-refractivity contribution < 1.29 is 14.7 Å². The first-order valence-electron chi connectivity index (χ1n) is 6.49. The molecule has 19 heavy (non-hydrogen) atoms. The van der Waals surface area contributed by atoms with Crippen LogP contribution in [0.1, 0.15) is 36.0 Å². The fourth-order valence-corrected chi connectivity index (χ4v) is 2.41. The standard InChI is InChI=1S/C15H19NO3/c1-9-7-11(3)12(8-10(9)2)16-13(17)15(14(18)19)5-4-6-15/h7-8H,4-6H2,1-3H3,(H,16,17)(H,18,19). The Balaban J connectivity index is 2.24. The van der Waals surface area contributed by atoms with Gasteiger partial charge in [0.1, 0.15) is 5.41 Å². The Morgan fingerprint density at radius 1 is 1.11 bits per heavy atom. The normalized spacial score (nSPS) is 16.6. The zero-order valence-electron chi connectivity index (χ0n) is 11.5. The van der Waals surface area contributed by atoms with Gasteiger partial charge in [-0.2, -0.15) is 0 Å². The van der Waals surface area contributed by atoms with Gasteiger partial charge in [-0.1, -0.05) is 12.5 Å². The summed E-state index contributed by atoms with van der Waals surface area (Å²) in [7, 11) is 0. The Morgan fingerprint density at radius 2 is 1.68 bits per heavy atom. The van der Waals surface area contributed by atoms with Crippen molar-refractivity contribution in [2.75, 3.05) is 5.32 Å². The van der Waals surface area contributed by atoms with Crippen LogP contribution in [0, 0.1) is 26.2 Å². The molecular formula is C15H19NO3. The molecule has 1 fully saturated rings. The Hall–Kier alpha value is -1.84. The predicted molar refractivity (Wildman–Crippen MR) is 73.2 cm³/mol. The highest BCUT2D eigenvalue weighted by molar-refractivity contribution is 6.09. The number of carbonyl (C=O) groups is 2. The molecule has 0 aromatic heterocycles. The molecule has 2 N–H and O–H groups in total. The number of carboxylic acid groups (broad SMARTS) is 1. The highest BCUT2D eigenvalue weighted by Crippen LogP contribution is 2.42. The molecule has 2 rings (SSSR count). The Kier molecular flexibility index (Phi) is 3.35. The van der Waals surface area contributed by atoms with E-state index in [-0.39, 0.29) is 0 Å². The van der Waals surface area contributed by atoms with E-state index in [0.717, 1.165) is 23.1 Å². The molecule has 0 heterocycles. The van der Waals surface area contributed by atoms with Crippen molar-refractivity contribution in [3.8, 4) is 0 Å². The molecule has 0 aliphatic heterocycles. The number of hydrogen-bond donors (Lipinski definition) is 2. The summed E-state index contributed by atoms with van der Waals surface area (Å²) >= 11 is 0. The lowest BCUT2D eigenvalue weighted by Gasteiger charge is -2.36. The van der Waals surface area contributed by atoms with Gasteiger partial charge in [-0.05, 0) is 56.4 Å². The molecular weight excluding hydrogens is 242 g/mol. The van der Waals surface area contributed by atoms with Gasteiger partial charge in [0.15, 0.2) is 0 Å². The van der Waals surface area contributed by atoms with Crippen LogP contribution in [-0.4, -0.2) is 17.0 Å². The summed E-state index contributed by atoms with van der Waals surface area (Å²) in [6.45, 7) is 5.90. The maximum absolute atomic E-state index is 12.2. The van der Waals surface area contributed by atoms with E-state index in [2.05, 4.69) is 5.32 Å². The van der Waals surface area contributed by atoms with E-state index in [1.807, 2.05) is 32.9 Å². The smallest absolute Gasteiger partial charge is 0.319 e.